The van der Waals surface area contributed by atoms with Crippen molar-refractivity contribution >= 4 is 53.1 Å². The molecular formula is C19H21F3IN5O2S. The molecule has 2 N–H and O–H groups in total. The Morgan fingerprint density at radius 3 is 2.32 bits per heavy atom. The van der Waals surface area contributed by atoms with Crippen LogP contribution in [0.15, 0.2) is 34.6 Å². The van der Waals surface area contributed by atoms with Crippen LogP contribution in [-0.4, -0.2) is 47.8 Å². The molecule has 168 valence electrons. The summed E-state index contributed by atoms with van der Waals surface area (Å²) < 4.78 is 37.8. The molecule has 1 aliphatic rings. The number of fused-ring (bicyclic) bond motifs is 1. The molecule has 2 amide bonds. The summed E-state index contributed by atoms with van der Waals surface area (Å²) in [5.41, 5.74) is -0.0393. The second-order valence-corrected chi connectivity index (χ2v) is 7.43. The first-order valence-corrected chi connectivity index (χ1v) is 10.1. The molecule has 0 saturated carbocycles. The molecule has 3 rings (SSSR count). The smallest absolute Gasteiger partial charge is 0.356 e. The highest BCUT2D eigenvalue weighted by Gasteiger charge is 2.34. The van der Waals surface area contributed by atoms with Gasteiger partial charge in [0.05, 0.1) is 17.7 Å². The van der Waals surface area contributed by atoms with Gasteiger partial charge in [0.2, 0.25) is 0 Å². The lowest BCUT2D eigenvalue weighted by molar-refractivity contribution is -0.140. The van der Waals surface area contributed by atoms with Crippen molar-refractivity contribution in [2.75, 3.05) is 20.1 Å². The minimum absolute atomic E-state index is 0. The summed E-state index contributed by atoms with van der Waals surface area (Å²) in [6.07, 6.45) is -3.17. The van der Waals surface area contributed by atoms with E-state index in [-0.39, 0.29) is 42.3 Å². The molecule has 7 nitrogen and oxygen atoms in total. The molecule has 0 aliphatic carbocycles. The van der Waals surface area contributed by atoms with Gasteiger partial charge >= 0.3 is 6.18 Å². The standard InChI is InChI=1S/C19H20F3N5O2S.HI/c1-23-18(25-10-15-26-14(11-30-15)19(20,21)22)24-8-4-5-9-27-16(28)12-6-2-3-7-13(12)17(27)29;/h2-3,6-7,11H,4-5,8-10H2,1H3,(H2,23,24,25);1H. The molecule has 2 heterocycles. The summed E-state index contributed by atoms with van der Waals surface area (Å²) in [6.45, 7) is 0.962. The Balaban J connectivity index is 0.00000341. The predicted molar refractivity (Wildman–Crippen MR) is 122 cm³/mol. The van der Waals surface area contributed by atoms with Crippen LogP contribution in [0.4, 0.5) is 13.2 Å². The average Bonchev–Trinajstić information content (AvgIpc) is 3.29. The summed E-state index contributed by atoms with van der Waals surface area (Å²) in [5.74, 6) is -0.120. The highest BCUT2D eigenvalue weighted by molar-refractivity contribution is 14.0. The Kier molecular flexibility index (Phi) is 8.79. The zero-order valence-corrected chi connectivity index (χ0v) is 19.7. The Labute approximate surface area is 198 Å². The number of benzene rings is 1. The minimum atomic E-state index is -4.45. The topological polar surface area (TPSA) is 86.7 Å². The molecule has 0 radical (unpaired) electrons. The monoisotopic (exact) mass is 567 g/mol. The molecule has 1 aromatic carbocycles. The van der Waals surface area contributed by atoms with Gasteiger partial charge in [-0.15, -0.1) is 35.3 Å². The maximum atomic E-state index is 12.6. The van der Waals surface area contributed by atoms with Gasteiger partial charge in [-0.1, -0.05) is 12.1 Å². The lowest BCUT2D eigenvalue weighted by atomic mass is 10.1. The number of hydrogen-bond acceptors (Lipinski definition) is 5. The number of aliphatic imine (C=N–C) groups is 1. The Bertz CT molecular complexity index is 929. The number of rotatable bonds is 7. The van der Waals surface area contributed by atoms with Crippen molar-refractivity contribution in [2.45, 2.75) is 25.6 Å². The summed E-state index contributed by atoms with van der Waals surface area (Å²) in [4.78, 5) is 33.4. The van der Waals surface area contributed by atoms with Crippen LogP contribution in [0.3, 0.4) is 0 Å². The second-order valence-electron chi connectivity index (χ2n) is 6.49. The molecular weight excluding hydrogens is 546 g/mol. The number of nitrogens with zero attached hydrogens (tertiary/aromatic N) is 3. The quantitative estimate of drug-likeness (QED) is 0.176. The third-order valence-corrected chi connectivity index (χ3v) is 5.30. The lowest BCUT2D eigenvalue weighted by Gasteiger charge is -2.14. The number of carbonyl (C=O) groups is 2. The van der Waals surface area contributed by atoms with E-state index in [9.17, 15) is 22.8 Å². The van der Waals surface area contributed by atoms with Gasteiger partial charge in [-0.05, 0) is 25.0 Å². The molecule has 0 saturated heterocycles. The van der Waals surface area contributed by atoms with E-state index in [1.54, 1.807) is 31.3 Å². The van der Waals surface area contributed by atoms with Gasteiger partial charge in [0, 0.05) is 25.5 Å². The third-order valence-electron chi connectivity index (χ3n) is 4.45. The van der Waals surface area contributed by atoms with Gasteiger partial charge in [-0.3, -0.25) is 19.5 Å². The van der Waals surface area contributed by atoms with Crippen LogP contribution in [0.5, 0.6) is 0 Å². The van der Waals surface area contributed by atoms with Crippen LogP contribution >= 0.6 is 35.3 Å². The average molecular weight is 567 g/mol. The van der Waals surface area contributed by atoms with E-state index in [2.05, 4.69) is 20.6 Å². The fourth-order valence-corrected chi connectivity index (χ4v) is 3.69. The first-order valence-electron chi connectivity index (χ1n) is 9.22. The van der Waals surface area contributed by atoms with Crippen molar-refractivity contribution in [2.24, 2.45) is 4.99 Å². The van der Waals surface area contributed by atoms with Crippen molar-refractivity contribution in [3.05, 3.63) is 51.5 Å². The first kappa shape index (κ1) is 25.0. The molecule has 0 spiro atoms. The second kappa shape index (κ2) is 10.9. The zero-order valence-electron chi connectivity index (χ0n) is 16.5. The van der Waals surface area contributed by atoms with Crippen molar-refractivity contribution in [1.29, 1.82) is 0 Å². The van der Waals surface area contributed by atoms with E-state index in [4.69, 9.17) is 0 Å². The Morgan fingerprint density at radius 1 is 1.13 bits per heavy atom. The van der Waals surface area contributed by atoms with Gasteiger partial charge in [-0.2, -0.15) is 13.2 Å². The van der Waals surface area contributed by atoms with Crippen LogP contribution in [0.2, 0.25) is 0 Å². The number of unbranched alkanes of at least 4 members (excludes halogenated alkanes) is 1. The maximum Gasteiger partial charge on any atom is 0.434 e. The fraction of sp³-hybridized carbons (Fsp3) is 0.368. The summed E-state index contributed by atoms with van der Waals surface area (Å²) >= 11 is 0.924. The number of nitrogens with one attached hydrogen (secondary N) is 2. The van der Waals surface area contributed by atoms with Crippen molar-refractivity contribution in [3.8, 4) is 0 Å². The summed E-state index contributed by atoms with van der Waals surface area (Å²) in [7, 11) is 1.55. The molecule has 1 aliphatic heterocycles. The van der Waals surface area contributed by atoms with Gasteiger partial charge in [-0.25, -0.2) is 4.98 Å². The summed E-state index contributed by atoms with van der Waals surface area (Å²) in [5, 5.41) is 7.24. The minimum Gasteiger partial charge on any atom is -0.356 e. The van der Waals surface area contributed by atoms with Crippen molar-refractivity contribution < 1.29 is 22.8 Å². The van der Waals surface area contributed by atoms with Gasteiger partial charge in [0.25, 0.3) is 11.8 Å². The number of hydrogen-bond donors (Lipinski definition) is 2. The lowest BCUT2D eigenvalue weighted by Crippen LogP contribution is -2.37. The van der Waals surface area contributed by atoms with Crippen LogP contribution < -0.4 is 10.6 Å². The van der Waals surface area contributed by atoms with Crippen molar-refractivity contribution in [3.63, 3.8) is 0 Å². The molecule has 0 bridgehead atoms. The molecule has 0 unspecified atom stereocenters. The van der Waals surface area contributed by atoms with Gasteiger partial charge < -0.3 is 10.6 Å². The zero-order chi connectivity index (χ0) is 21.7. The third kappa shape index (κ3) is 6.15. The number of alkyl halides is 3. The number of carbonyl (C=O) groups excluding carboxylic acids is 2. The highest BCUT2D eigenvalue weighted by Crippen LogP contribution is 2.29. The van der Waals surface area contributed by atoms with Gasteiger partial charge in [0.1, 0.15) is 5.01 Å². The maximum absolute atomic E-state index is 12.6. The number of amides is 2. The van der Waals surface area contributed by atoms with Crippen LogP contribution in [0, 0.1) is 0 Å². The number of imide groups is 1. The number of halogens is 4. The molecule has 2 aromatic rings. The summed E-state index contributed by atoms with van der Waals surface area (Å²) in [6, 6.07) is 6.75. The Hall–Kier alpha value is -2.22. The SMILES string of the molecule is CN=C(NCCCCN1C(=O)c2ccccc2C1=O)NCc1nc(C(F)(F)F)cs1.I. The van der Waals surface area contributed by atoms with E-state index in [0.717, 1.165) is 16.7 Å². The number of thiazole rings is 1. The van der Waals surface area contributed by atoms with E-state index in [1.165, 1.54) is 4.90 Å². The normalized spacial score (nSPS) is 13.8. The van der Waals surface area contributed by atoms with Crippen molar-refractivity contribution in [1.82, 2.24) is 20.5 Å². The highest BCUT2D eigenvalue weighted by atomic mass is 127. The molecule has 0 atom stereocenters. The van der Waals surface area contributed by atoms with E-state index in [0.29, 0.717) is 48.0 Å². The van der Waals surface area contributed by atoms with Crippen LogP contribution in [-0.2, 0) is 12.7 Å². The fourth-order valence-electron chi connectivity index (χ4n) is 2.95. The predicted octanol–water partition coefficient (Wildman–Crippen LogP) is 3.52. The largest absolute Gasteiger partial charge is 0.434 e. The van der Waals surface area contributed by atoms with E-state index in [1.807, 2.05) is 0 Å². The van der Waals surface area contributed by atoms with E-state index >= 15 is 0 Å². The van der Waals surface area contributed by atoms with Crippen LogP contribution in [0.25, 0.3) is 0 Å². The molecule has 1 aromatic heterocycles. The van der Waals surface area contributed by atoms with Crippen LogP contribution in [0.1, 0.15) is 44.3 Å². The van der Waals surface area contributed by atoms with Gasteiger partial charge in [0.15, 0.2) is 11.7 Å². The molecule has 0 fully saturated rings. The first-order chi connectivity index (χ1) is 14.3. The molecule has 12 heteroatoms. The number of aromatic nitrogens is 1. The van der Waals surface area contributed by atoms with E-state index < -0.39 is 11.9 Å². The Morgan fingerprint density at radius 2 is 1.77 bits per heavy atom. The molecule has 31 heavy (non-hydrogen) atoms. The number of guanidine groups is 1.